The smallest absolute Gasteiger partial charge is 0.335 e. The maximum atomic E-state index is 13.8. The summed E-state index contributed by atoms with van der Waals surface area (Å²) < 4.78 is 40.3. The van der Waals surface area contributed by atoms with Crippen LogP contribution in [0.4, 0.5) is 4.39 Å². The number of rotatable bonds is 5. The van der Waals surface area contributed by atoms with E-state index in [1.54, 1.807) is 0 Å². The van der Waals surface area contributed by atoms with Crippen LogP contribution < -0.4 is 4.72 Å². The van der Waals surface area contributed by atoms with E-state index in [1.807, 2.05) is 0 Å². The van der Waals surface area contributed by atoms with E-state index in [2.05, 4.69) is 4.72 Å². The number of halogens is 3. The van der Waals surface area contributed by atoms with Gasteiger partial charge >= 0.3 is 5.97 Å². The molecule has 0 saturated heterocycles. The molecule has 0 aromatic heterocycles. The van der Waals surface area contributed by atoms with Crippen LogP contribution in [0.5, 0.6) is 0 Å². The Balaban J connectivity index is 2.21. The van der Waals surface area contributed by atoms with Crippen LogP contribution in [0.25, 0.3) is 0 Å². The summed E-state index contributed by atoms with van der Waals surface area (Å²) in [5, 5.41) is 9.05. The Kier molecular flexibility index (Phi) is 5.26. The van der Waals surface area contributed by atoms with Crippen LogP contribution in [-0.4, -0.2) is 19.5 Å². The van der Waals surface area contributed by atoms with E-state index in [-0.39, 0.29) is 32.6 Å². The highest BCUT2D eigenvalue weighted by Gasteiger charge is 2.17. The molecule has 0 unspecified atom stereocenters. The molecule has 5 nitrogen and oxygen atoms in total. The number of carboxylic acids is 1. The van der Waals surface area contributed by atoms with Gasteiger partial charge in [0.1, 0.15) is 5.82 Å². The summed E-state index contributed by atoms with van der Waals surface area (Å²) in [6.07, 6.45) is 0. The molecule has 2 N–H and O–H groups in total. The fourth-order valence-corrected chi connectivity index (χ4v) is 3.50. The number of benzene rings is 2. The summed E-state index contributed by atoms with van der Waals surface area (Å²) in [5.74, 6) is -2.10. The Bertz CT molecular complexity index is 851. The van der Waals surface area contributed by atoms with Crippen LogP contribution in [0.2, 0.25) is 10.0 Å². The molecule has 122 valence electrons. The molecule has 2 aromatic carbocycles. The maximum Gasteiger partial charge on any atom is 0.335 e. The van der Waals surface area contributed by atoms with E-state index in [0.717, 1.165) is 6.07 Å². The molecule has 0 aliphatic carbocycles. The molecule has 9 heteroatoms. The van der Waals surface area contributed by atoms with Crippen LogP contribution in [0, 0.1) is 5.82 Å². The van der Waals surface area contributed by atoms with Crippen molar-refractivity contribution in [3.05, 3.63) is 63.4 Å². The monoisotopic (exact) mass is 377 g/mol. The third kappa shape index (κ3) is 4.42. The average molecular weight is 378 g/mol. The van der Waals surface area contributed by atoms with Gasteiger partial charge in [0, 0.05) is 22.2 Å². The van der Waals surface area contributed by atoms with E-state index >= 15 is 0 Å². The quantitative estimate of drug-likeness (QED) is 0.836. The van der Waals surface area contributed by atoms with Gasteiger partial charge in [-0.05, 0) is 30.3 Å². The second-order valence-corrected chi connectivity index (χ2v) is 7.18. The molecule has 0 heterocycles. The SMILES string of the molecule is O=C(O)c1ccc(CNS(=O)(=O)c2cc(Cl)cc(Cl)c2)c(F)c1. The van der Waals surface area contributed by atoms with Crippen molar-refractivity contribution in [2.75, 3.05) is 0 Å². The van der Waals surface area contributed by atoms with Crippen LogP contribution in [0.1, 0.15) is 15.9 Å². The molecule has 0 aliphatic heterocycles. The molecule has 0 amide bonds. The highest BCUT2D eigenvalue weighted by Crippen LogP contribution is 2.22. The average Bonchev–Trinajstić information content (AvgIpc) is 2.44. The van der Waals surface area contributed by atoms with E-state index in [1.165, 1.54) is 30.3 Å². The highest BCUT2D eigenvalue weighted by molar-refractivity contribution is 7.89. The zero-order valence-corrected chi connectivity index (χ0v) is 13.7. The molecule has 0 bridgehead atoms. The Morgan fingerprint density at radius 2 is 1.74 bits per heavy atom. The summed E-state index contributed by atoms with van der Waals surface area (Å²) in [4.78, 5) is 10.6. The summed E-state index contributed by atoms with van der Waals surface area (Å²) in [6, 6.07) is 7.01. The van der Waals surface area contributed by atoms with Gasteiger partial charge in [-0.1, -0.05) is 29.3 Å². The van der Waals surface area contributed by atoms with Crippen molar-refractivity contribution in [1.29, 1.82) is 0 Å². The number of sulfonamides is 1. The Hall–Kier alpha value is -1.67. The van der Waals surface area contributed by atoms with Gasteiger partial charge in [-0.2, -0.15) is 0 Å². The Morgan fingerprint density at radius 3 is 2.26 bits per heavy atom. The molecule has 0 saturated carbocycles. The number of hydrogen-bond donors (Lipinski definition) is 2. The Labute approximate surface area is 141 Å². The zero-order chi connectivity index (χ0) is 17.2. The van der Waals surface area contributed by atoms with Gasteiger partial charge in [0.15, 0.2) is 0 Å². The zero-order valence-electron chi connectivity index (χ0n) is 11.4. The third-order valence-electron chi connectivity index (χ3n) is 2.90. The van der Waals surface area contributed by atoms with Crippen LogP contribution in [-0.2, 0) is 16.6 Å². The van der Waals surface area contributed by atoms with Crippen LogP contribution >= 0.6 is 23.2 Å². The summed E-state index contributed by atoms with van der Waals surface area (Å²) in [5.41, 5.74) is -0.220. The minimum absolute atomic E-state index is 0.00620. The highest BCUT2D eigenvalue weighted by atomic mass is 35.5. The maximum absolute atomic E-state index is 13.8. The fourth-order valence-electron chi connectivity index (χ4n) is 1.76. The number of carbonyl (C=O) groups is 1. The largest absolute Gasteiger partial charge is 0.478 e. The first-order valence-electron chi connectivity index (χ1n) is 6.16. The predicted molar refractivity (Wildman–Crippen MR) is 83.8 cm³/mol. The lowest BCUT2D eigenvalue weighted by atomic mass is 10.1. The first kappa shape index (κ1) is 17.7. The van der Waals surface area contributed by atoms with Gasteiger partial charge in [0.2, 0.25) is 10.0 Å². The second-order valence-electron chi connectivity index (χ2n) is 4.54. The van der Waals surface area contributed by atoms with Crippen LogP contribution in [0.15, 0.2) is 41.3 Å². The van der Waals surface area contributed by atoms with Crippen LogP contribution in [0.3, 0.4) is 0 Å². The molecular weight excluding hydrogens is 368 g/mol. The summed E-state index contributed by atoms with van der Waals surface area (Å²) >= 11 is 11.5. The number of aromatic carboxylic acids is 1. The fraction of sp³-hybridized carbons (Fsp3) is 0.0714. The molecule has 2 aromatic rings. The van der Waals surface area contributed by atoms with Crippen molar-refractivity contribution in [2.45, 2.75) is 11.4 Å². The number of carboxylic acid groups (broad SMARTS) is 1. The van der Waals surface area contributed by atoms with Crippen molar-refractivity contribution in [3.63, 3.8) is 0 Å². The van der Waals surface area contributed by atoms with Gasteiger partial charge in [0.05, 0.1) is 10.5 Å². The van der Waals surface area contributed by atoms with Crippen molar-refractivity contribution < 1.29 is 22.7 Å². The van der Waals surface area contributed by atoms with Gasteiger partial charge in [0.25, 0.3) is 0 Å². The minimum atomic E-state index is -3.95. The van der Waals surface area contributed by atoms with Gasteiger partial charge in [-0.25, -0.2) is 22.3 Å². The summed E-state index contributed by atoms with van der Waals surface area (Å²) in [7, 11) is -3.95. The number of hydrogen-bond acceptors (Lipinski definition) is 3. The van der Waals surface area contributed by atoms with Gasteiger partial charge in [-0.3, -0.25) is 0 Å². The van der Waals surface area contributed by atoms with E-state index < -0.39 is 21.8 Å². The molecule has 0 radical (unpaired) electrons. The molecule has 0 spiro atoms. The summed E-state index contributed by atoms with van der Waals surface area (Å²) in [6.45, 7) is -0.349. The van der Waals surface area contributed by atoms with Gasteiger partial charge in [-0.15, -0.1) is 0 Å². The third-order valence-corrected chi connectivity index (χ3v) is 4.72. The second kappa shape index (κ2) is 6.84. The molecular formula is C14H10Cl2FNO4S. The molecule has 23 heavy (non-hydrogen) atoms. The van der Waals surface area contributed by atoms with Crippen molar-refractivity contribution in [1.82, 2.24) is 4.72 Å². The predicted octanol–water partition coefficient (Wildman–Crippen LogP) is 3.31. The van der Waals surface area contributed by atoms with Crippen molar-refractivity contribution >= 4 is 39.2 Å². The molecule has 2 rings (SSSR count). The first-order chi connectivity index (χ1) is 10.7. The normalized spacial score (nSPS) is 11.4. The lowest BCUT2D eigenvalue weighted by molar-refractivity contribution is 0.0696. The molecule has 0 atom stereocenters. The minimum Gasteiger partial charge on any atom is -0.478 e. The van der Waals surface area contributed by atoms with E-state index in [0.29, 0.717) is 0 Å². The standard InChI is InChI=1S/C14H10Cl2FNO4S/c15-10-4-11(16)6-12(5-10)23(21,22)18-7-9-2-1-8(14(19)20)3-13(9)17/h1-6,18H,7H2,(H,19,20). The molecule has 0 aliphatic rings. The van der Waals surface area contributed by atoms with Crippen molar-refractivity contribution in [3.8, 4) is 0 Å². The lowest BCUT2D eigenvalue weighted by Gasteiger charge is -2.09. The van der Waals surface area contributed by atoms with Crippen molar-refractivity contribution in [2.24, 2.45) is 0 Å². The van der Waals surface area contributed by atoms with Gasteiger partial charge < -0.3 is 5.11 Å². The topological polar surface area (TPSA) is 83.5 Å². The van der Waals surface area contributed by atoms with E-state index in [9.17, 15) is 17.6 Å². The first-order valence-corrected chi connectivity index (χ1v) is 8.40. The van der Waals surface area contributed by atoms with E-state index in [4.69, 9.17) is 28.3 Å². The number of nitrogens with one attached hydrogen (secondary N) is 1. The lowest BCUT2D eigenvalue weighted by Crippen LogP contribution is -2.23. The molecule has 0 fully saturated rings. The Morgan fingerprint density at radius 1 is 1.13 bits per heavy atom.